The van der Waals surface area contributed by atoms with Gasteiger partial charge in [-0.2, -0.15) is 0 Å². The van der Waals surface area contributed by atoms with Crippen LogP contribution in [0.5, 0.6) is 0 Å². The average Bonchev–Trinajstić information content (AvgIpc) is 2.62. The highest BCUT2D eigenvalue weighted by molar-refractivity contribution is 6.06. The van der Waals surface area contributed by atoms with Gasteiger partial charge in [0.1, 0.15) is 0 Å². The number of hydrogen-bond donors (Lipinski definition) is 2. The first kappa shape index (κ1) is 17.8. The normalized spacial score (nSPS) is 18.4. The van der Waals surface area contributed by atoms with Crippen molar-refractivity contribution in [2.75, 3.05) is 26.2 Å². The Morgan fingerprint density at radius 2 is 2.20 bits per heavy atom. The van der Waals surface area contributed by atoms with Gasteiger partial charge in [-0.15, -0.1) is 0 Å². The van der Waals surface area contributed by atoms with Crippen molar-refractivity contribution in [3.8, 4) is 0 Å². The molecule has 1 atom stereocenters. The van der Waals surface area contributed by atoms with E-state index in [-0.39, 0.29) is 18.6 Å². The van der Waals surface area contributed by atoms with E-state index < -0.39 is 0 Å². The van der Waals surface area contributed by atoms with Gasteiger partial charge in [0.05, 0.1) is 17.7 Å². The molecule has 1 aromatic heterocycles. The van der Waals surface area contributed by atoms with Gasteiger partial charge in [0, 0.05) is 30.2 Å². The molecule has 134 valence electrons. The van der Waals surface area contributed by atoms with Crippen molar-refractivity contribution in [3.05, 3.63) is 41.1 Å². The minimum atomic E-state index is -0.0568. The number of likely N-dealkylation sites (tertiary alicyclic amines) is 1. The zero-order valence-corrected chi connectivity index (χ0v) is 15.1. The van der Waals surface area contributed by atoms with Crippen LogP contribution in [0.15, 0.2) is 24.3 Å². The van der Waals surface area contributed by atoms with Crippen LogP contribution in [-0.2, 0) is 0 Å². The average molecular weight is 341 g/mol. The molecule has 1 aliphatic rings. The summed E-state index contributed by atoms with van der Waals surface area (Å²) in [6.07, 6.45) is 3.38. The molecule has 2 heterocycles. The largest absolute Gasteiger partial charge is 0.395 e. The van der Waals surface area contributed by atoms with Crippen LogP contribution in [0.1, 0.15) is 40.9 Å². The molecule has 3 rings (SSSR count). The van der Waals surface area contributed by atoms with Crippen LogP contribution in [0, 0.1) is 13.8 Å². The Balaban J connectivity index is 1.69. The molecule has 0 spiro atoms. The number of piperidine rings is 1. The predicted molar refractivity (Wildman–Crippen MR) is 99.8 cm³/mol. The van der Waals surface area contributed by atoms with Crippen molar-refractivity contribution in [2.45, 2.75) is 39.2 Å². The summed E-state index contributed by atoms with van der Waals surface area (Å²) in [7, 11) is 0. The minimum absolute atomic E-state index is 0.0568. The monoisotopic (exact) mass is 341 g/mol. The van der Waals surface area contributed by atoms with Crippen LogP contribution in [0.3, 0.4) is 0 Å². The third-order valence-corrected chi connectivity index (χ3v) is 5.06. The number of aromatic nitrogens is 1. The lowest BCUT2D eigenvalue weighted by atomic mass is 10.0. The van der Waals surface area contributed by atoms with Crippen molar-refractivity contribution in [3.63, 3.8) is 0 Å². The van der Waals surface area contributed by atoms with Crippen LogP contribution in [-0.4, -0.2) is 53.2 Å². The third-order valence-electron chi connectivity index (χ3n) is 5.06. The summed E-state index contributed by atoms with van der Waals surface area (Å²) in [5.41, 5.74) is 3.50. The van der Waals surface area contributed by atoms with Crippen molar-refractivity contribution >= 4 is 16.8 Å². The Kier molecular flexibility index (Phi) is 5.66. The Bertz CT molecular complexity index is 760. The van der Waals surface area contributed by atoms with E-state index in [1.165, 1.54) is 6.42 Å². The fraction of sp³-hybridized carbons (Fsp3) is 0.500. The van der Waals surface area contributed by atoms with E-state index in [2.05, 4.69) is 15.2 Å². The van der Waals surface area contributed by atoms with Gasteiger partial charge in [-0.05, 0) is 44.9 Å². The van der Waals surface area contributed by atoms with Gasteiger partial charge in [0.25, 0.3) is 5.91 Å². The van der Waals surface area contributed by atoms with Gasteiger partial charge in [-0.1, -0.05) is 24.6 Å². The van der Waals surface area contributed by atoms with Crippen molar-refractivity contribution in [2.24, 2.45) is 0 Å². The van der Waals surface area contributed by atoms with Crippen LogP contribution in [0.4, 0.5) is 0 Å². The van der Waals surface area contributed by atoms with E-state index in [1.54, 1.807) is 0 Å². The molecule has 1 aliphatic heterocycles. The molecular formula is C20H27N3O2. The number of hydrogen-bond acceptors (Lipinski definition) is 4. The quantitative estimate of drug-likeness (QED) is 0.877. The first-order valence-corrected chi connectivity index (χ1v) is 9.10. The number of rotatable bonds is 5. The smallest absolute Gasteiger partial charge is 0.252 e. The lowest BCUT2D eigenvalue weighted by Crippen LogP contribution is -2.45. The summed E-state index contributed by atoms with van der Waals surface area (Å²) in [5.74, 6) is -0.0568. The molecule has 5 heteroatoms. The van der Waals surface area contributed by atoms with E-state index in [4.69, 9.17) is 0 Å². The fourth-order valence-electron chi connectivity index (χ4n) is 3.68. The number of fused-ring (bicyclic) bond motifs is 1. The Hall–Kier alpha value is -1.98. The third kappa shape index (κ3) is 3.99. The topological polar surface area (TPSA) is 65.5 Å². The van der Waals surface area contributed by atoms with Gasteiger partial charge in [-0.25, -0.2) is 0 Å². The Morgan fingerprint density at radius 3 is 3.00 bits per heavy atom. The summed E-state index contributed by atoms with van der Waals surface area (Å²) in [6.45, 7) is 6.49. The maximum Gasteiger partial charge on any atom is 0.252 e. The highest BCUT2D eigenvalue weighted by Crippen LogP contribution is 2.21. The molecule has 1 fully saturated rings. The molecule has 25 heavy (non-hydrogen) atoms. The number of nitrogens with one attached hydrogen (secondary N) is 1. The summed E-state index contributed by atoms with van der Waals surface area (Å²) >= 11 is 0. The molecule has 5 nitrogen and oxygen atoms in total. The Morgan fingerprint density at radius 1 is 1.36 bits per heavy atom. The van der Waals surface area contributed by atoms with Gasteiger partial charge in [0.15, 0.2) is 0 Å². The molecule has 0 radical (unpaired) electrons. The van der Waals surface area contributed by atoms with Crippen LogP contribution in [0.2, 0.25) is 0 Å². The highest BCUT2D eigenvalue weighted by atomic mass is 16.3. The number of carbonyl (C=O) groups excluding carboxylic acids is 1. The number of nitrogens with zero attached hydrogens (tertiary/aromatic N) is 2. The lowest BCUT2D eigenvalue weighted by molar-refractivity contribution is 0.0850. The van der Waals surface area contributed by atoms with E-state index in [9.17, 15) is 9.90 Å². The molecule has 1 amide bonds. The standard InChI is InChI=1S/C20H27N3O2/c1-14-6-5-8-17-18(12-15(2)22-19(14)17)20(25)21-9-11-23-10-4-3-7-16(23)13-24/h5-6,8,12,16,24H,3-4,7,9-11,13H2,1-2H3,(H,21,25). The van der Waals surface area contributed by atoms with Gasteiger partial charge < -0.3 is 10.4 Å². The molecule has 1 aromatic carbocycles. The maximum atomic E-state index is 12.7. The van der Waals surface area contributed by atoms with Gasteiger partial charge in [0.2, 0.25) is 0 Å². The molecule has 0 saturated carbocycles. The molecule has 0 bridgehead atoms. The van der Waals surface area contributed by atoms with Gasteiger partial charge in [-0.3, -0.25) is 14.7 Å². The first-order chi connectivity index (χ1) is 12.1. The van der Waals surface area contributed by atoms with Crippen molar-refractivity contribution < 1.29 is 9.90 Å². The molecule has 1 saturated heterocycles. The lowest BCUT2D eigenvalue weighted by Gasteiger charge is -2.34. The minimum Gasteiger partial charge on any atom is -0.395 e. The number of pyridine rings is 1. The molecule has 2 aromatic rings. The zero-order valence-electron chi connectivity index (χ0n) is 15.1. The SMILES string of the molecule is Cc1cc(C(=O)NCCN2CCCCC2CO)c2cccc(C)c2n1. The number of aryl methyl sites for hydroxylation is 2. The zero-order chi connectivity index (χ0) is 17.8. The summed E-state index contributed by atoms with van der Waals surface area (Å²) < 4.78 is 0. The number of amides is 1. The van der Waals surface area contributed by atoms with E-state index in [1.807, 2.05) is 38.1 Å². The highest BCUT2D eigenvalue weighted by Gasteiger charge is 2.21. The second kappa shape index (κ2) is 7.93. The number of benzene rings is 1. The summed E-state index contributed by atoms with van der Waals surface area (Å²) in [5, 5.41) is 13.4. The van der Waals surface area contributed by atoms with Crippen LogP contribution >= 0.6 is 0 Å². The van der Waals surface area contributed by atoms with E-state index in [0.29, 0.717) is 12.1 Å². The number of aliphatic hydroxyl groups excluding tert-OH is 1. The Labute approximate surface area is 149 Å². The molecule has 1 unspecified atom stereocenters. The maximum absolute atomic E-state index is 12.7. The van der Waals surface area contributed by atoms with Gasteiger partial charge >= 0.3 is 0 Å². The van der Waals surface area contributed by atoms with E-state index in [0.717, 1.165) is 48.1 Å². The number of aliphatic hydroxyl groups is 1. The predicted octanol–water partition coefficient (Wildman–Crippen LogP) is 2.43. The first-order valence-electron chi connectivity index (χ1n) is 9.10. The molecular weight excluding hydrogens is 314 g/mol. The second-order valence-corrected chi connectivity index (χ2v) is 6.91. The molecule has 0 aliphatic carbocycles. The molecule has 2 N–H and O–H groups in total. The van der Waals surface area contributed by atoms with Crippen LogP contribution < -0.4 is 5.32 Å². The van der Waals surface area contributed by atoms with Crippen LogP contribution in [0.25, 0.3) is 10.9 Å². The number of carbonyl (C=O) groups is 1. The van der Waals surface area contributed by atoms with Crippen molar-refractivity contribution in [1.82, 2.24) is 15.2 Å². The summed E-state index contributed by atoms with van der Waals surface area (Å²) in [4.78, 5) is 19.6. The van der Waals surface area contributed by atoms with Crippen molar-refractivity contribution in [1.29, 1.82) is 0 Å². The fourth-order valence-corrected chi connectivity index (χ4v) is 3.68. The number of para-hydroxylation sites is 1. The summed E-state index contributed by atoms with van der Waals surface area (Å²) in [6, 6.07) is 8.02. The van der Waals surface area contributed by atoms with E-state index >= 15 is 0 Å². The second-order valence-electron chi connectivity index (χ2n) is 6.91.